The van der Waals surface area contributed by atoms with Crippen LogP contribution in [-0.2, 0) is 18.1 Å². The largest absolute Gasteiger partial charge is 0.470 e. The highest BCUT2D eigenvalue weighted by molar-refractivity contribution is 7.93. The van der Waals surface area contributed by atoms with Gasteiger partial charge < -0.3 is 24.2 Å². The Bertz CT molecular complexity index is 265. The van der Waals surface area contributed by atoms with Gasteiger partial charge >= 0.3 is 7.82 Å². The van der Waals surface area contributed by atoms with Gasteiger partial charge in [-0.3, -0.25) is 9.32 Å². The average molecular weight is 276 g/mol. The van der Waals surface area contributed by atoms with E-state index in [2.05, 4.69) is 8.71 Å². The normalized spacial score (nSPS) is 15.8. The number of phosphoric acid groups is 1. The minimum atomic E-state index is -4.76. The molecule has 16 heavy (non-hydrogen) atoms. The van der Waals surface area contributed by atoms with Crippen molar-refractivity contribution in [2.45, 2.75) is 12.2 Å². The van der Waals surface area contributed by atoms with Crippen LogP contribution in [0.2, 0.25) is 0 Å². The van der Waals surface area contributed by atoms with Gasteiger partial charge in [0, 0.05) is 6.26 Å². The zero-order valence-electron chi connectivity index (χ0n) is 8.35. The quantitative estimate of drug-likeness (QED) is 0.314. The average Bonchev–Trinajstić information content (AvgIpc) is 2.20. The molecule has 0 radical (unpaired) electrons. The molecule has 0 aliphatic heterocycles. The number of phosphoric ester groups is 1. The van der Waals surface area contributed by atoms with Crippen LogP contribution in [0.5, 0.6) is 0 Å². The van der Waals surface area contributed by atoms with Crippen molar-refractivity contribution < 1.29 is 38.1 Å². The molecule has 0 rings (SSSR count). The monoisotopic (exact) mass is 276 g/mol. The van der Waals surface area contributed by atoms with E-state index < -0.39 is 32.4 Å². The van der Waals surface area contributed by atoms with Crippen molar-refractivity contribution in [2.75, 3.05) is 19.5 Å². The summed E-state index contributed by atoms with van der Waals surface area (Å²) in [5.41, 5.74) is 0. The van der Waals surface area contributed by atoms with Gasteiger partial charge in [-0.15, -0.1) is 0 Å². The summed E-state index contributed by atoms with van der Waals surface area (Å²) in [6, 6.07) is 0. The van der Waals surface area contributed by atoms with Crippen molar-refractivity contribution in [3.8, 4) is 0 Å². The molecule has 0 aliphatic carbocycles. The van der Waals surface area contributed by atoms with E-state index in [9.17, 15) is 19.6 Å². The molecule has 2 atom stereocenters. The summed E-state index contributed by atoms with van der Waals surface area (Å²) < 4.78 is 18.8. The van der Waals surface area contributed by atoms with Gasteiger partial charge in [-0.05, 0) is 12.0 Å². The Hall–Kier alpha value is 0.01000. The number of rotatable bonds is 8. The maximum absolute atomic E-state index is 11.1. The van der Waals surface area contributed by atoms with E-state index in [0.29, 0.717) is 0 Å². The lowest BCUT2D eigenvalue weighted by Crippen LogP contribution is -2.38. The summed E-state index contributed by atoms with van der Waals surface area (Å²) in [6.07, 6.45) is -1.70. The Balaban J connectivity index is 4.02. The van der Waals surface area contributed by atoms with Crippen molar-refractivity contribution in [3.05, 3.63) is 0 Å². The first kappa shape index (κ1) is 16.0. The van der Waals surface area contributed by atoms with Crippen LogP contribution < -0.4 is 0 Å². The molecule has 96 valence electrons. The number of carbonyl (C=O) groups excluding carboxylic acids is 1. The molecule has 4 N–H and O–H groups in total. The first-order valence-electron chi connectivity index (χ1n) is 4.02. The molecule has 0 amide bonds. The number of aliphatic hydroxyl groups is 2. The second-order valence-electron chi connectivity index (χ2n) is 2.69. The molecule has 0 unspecified atom stereocenters. The highest BCUT2D eigenvalue weighted by Crippen LogP contribution is 2.35. The summed E-state index contributed by atoms with van der Waals surface area (Å²) >= 11 is 0.939. The maximum Gasteiger partial charge on any atom is 0.470 e. The molecule has 0 bridgehead atoms. The van der Waals surface area contributed by atoms with E-state index >= 15 is 0 Å². The molecule has 0 aromatic rings. The van der Waals surface area contributed by atoms with Crippen LogP contribution in [0, 0.1) is 0 Å². The second-order valence-corrected chi connectivity index (χ2v) is 4.50. The Morgan fingerprint density at radius 1 is 1.44 bits per heavy atom. The third-order valence-corrected chi connectivity index (χ3v) is 2.26. The third-order valence-electron chi connectivity index (χ3n) is 1.43. The zero-order chi connectivity index (χ0) is 12.8. The van der Waals surface area contributed by atoms with E-state index in [4.69, 9.17) is 9.79 Å². The van der Waals surface area contributed by atoms with Gasteiger partial charge in [-0.2, -0.15) is 0 Å². The number of carbonyl (C=O) groups is 1. The van der Waals surface area contributed by atoms with Gasteiger partial charge in [0.05, 0.1) is 6.61 Å². The molecule has 10 heteroatoms. The second kappa shape index (κ2) is 7.36. The number of hydrogen-bond acceptors (Lipinski definition) is 7. The number of aliphatic hydroxyl groups excluding tert-OH is 2. The molecule has 0 saturated carbocycles. The van der Waals surface area contributed by atoms with Gasteiger partial charge in [-0.25, -0.2) is 4.57 Å². The van der Waals surface area contributed by atoms with Crippen LogP contribution >= 0.6 is 19.9 Å². The first-order chi connectivity index (χ1) is 7.28. The summed E-state index contributed by atoms with van der Waals surface area (Å²) in [6.45, 7) is -1.27. The molecule has 0 aliphatic rings. The van der Waals surface area contributed by atoms with Crippen molar-refractivity contribution in [1.82, 2.24) is 0 Å². The van der Waals surface area contributed by atoms with Crippen molar-refractivity contribution in [3.63, 3.8) is 0 Å². The lowest BCUT2D eigenvalue weighted by atomic mass is 10.1. The number of Topliss-reactive ketones (excluding diaryl/α,β-unsaturated/α-hetero) is 1. The minimum absolute atomic E-state index is 0.288. The summed E-state index contributed by atoms with van der Waals surface area (Å²) in [5.74, 6) is -1.04. The Labute approximate surface area is 96.0 Å². The number of ketones is 1. The Kier molecular flexibility index (Phi) is 7.36. The third kappa shape index (κ3) is 7.31. The van der Waals surface area contributed by atoms with Crippen LogP contribution in [0.1, 0.15) is 0 Å². The Morgan fingerprint density at radius 2 is 2.00 bits per heavy atom. The molecule has 0 heterocycles. The molecule has 0 aromatic heterocycles. The topological polar surface area (TPSA) is 134 Å². The molecular formula is C6H13O8PS. The predicted molar refractivity (Wildman–Crippen MR) is 54.5 cm³/mol. The smallest absolute Gasteiger partial charge is 0.387 e. The fourth-order valence-corrected chi connectivity index (χ4v) is 1.25. The molecule has 0 spiro atoms. The molecule has 0 saturated heterocycles. The van der Waals surface area contributed by atoms with Gasteiger partial charge in [0.25, 0.3) is 0 Å². The van der Waals surface area contributed by atoms with E-state index in [0.717, 1.165) is 12.0 Å². The van der Waals surface area contributed by atoms with Gasteiger partial charge in [0.15, 0.2) is 5.78 Å². The van der Waals surface area contributed by atoms with Crippen molar-refractivity contribution >= 4 is 25.6 Å². The summed E-state index contributed by atoms with van der Waals surface area (Å²) in [5, 5.41) is 18.4. The molecular weight excluding hydrogens is 263 g/mol. The maximum atomic E-state index is 11.1. The Morgan fingerprint density at radius 3 is 2.44 bits per heavy atom. The molecule has 0 fully saturated rings. The SMILES string of the molecule is CSOC[C@@H](O)[C@@H](O)C(=O)COP(=O)(O)O. The van der Waals surface area contributed by atoms with Crippen molar-refractivity contribution in [2.24, 2.45) is 0 Å². The fourth-order valence-electron chi connectivity index (χ4n) is 0.677. The van der Waals surface area contributed by atoms with Crippen LogP contribution in [0.3, 0.4) is 0 Å². The lowest BCUT2D eigenvalue weighted by molar-refractivity contribution is -0.136. The molecule has 8 nitrogen and oxygen atoms in total. The standard InChI is InChI=1S/C6H13O8PS/c1-16-14-3-5(8)6(9)4(7)2-13-15(10,11)12/h5-6,8-9H,2-3H2,1H3,(H2,10,11,12)/t5-,6+/m1/s1. The zero-order valence-corrected chi connectivity index (χ0v) is 10.1. The van der Waals surface area contributed by atoms with E-state index in [-0.39, 0.29) is 6.61 Å². The highest BCUT2D eigenvalue weighted by atomic mass is 32.2. The first-order valence-corrected chi connectivity index (χ1v) is 6.70. The summed E-state index contributed by atoms with van der Waals surface area (Å²) in [4.78, 5) is 27.6. The van der Waals surface area contributed by atoms with E-state index in [1.54, 1.807) is 6.26 Å². The fraction of sp³-hybridized carbons (Fsp3) is 0.833. The van der Waals surface area contributed by atoms with E-state index in [1.165, 1.54) is 0 Å². The lowest BCUT2D eigenvalue weighted by Gasteiger charge is -2.15. The van der Waals surface area contributed by atoms with Gasteiger partial charge in [0.1, 0.15) is 18.8 Å². The van der Waals surface area contributed by atoms with Gasteiger partial charge in [-0.1, -0.05) is 0 Å². The van der Waals surface area contributed by atoms with Crippen LogP contribution in [0.15, 0.2) is 0 Å². The van der Waals surface area contributed by atoms with Crippen LogP contribution in [0.4, 0.5) is 0 Å². The van der Waals surface area contributed by atoms with Crippen LogP contribution in [-0.4, -0.2) is 57.5 Å². The van der Waals surface area contributed by atoms with Crippen molar-refractivity contribution in [1.29, 1.82) is 0 Å². The summed E-state index contributed by atoms with van der Waals surface area (Å²) in [7, 11) is -4.76. The highest BCUT2D eigenvalue weighted by Gasteiger charge is 2.26. The molecule has 0 aromatic carbocycles. The van der Waals surface area contributed by atoms with E-state index in [1.807, 2.05) is 0 Å². The van der Waals surface area contributed by atoms with Gasteiger partial charge in [0.2, 0.25) is 0 Å². The minimum Gasteiger partial charge on any atom is -0.387 e. The predicted octanol–water partition coefficient (Wildman–Crippen LogP) is -1.32. The van der Waals surface area contributed by atoms with Crippen LogP contribution in [0.25, 0.3) is 0 Å². The number of hydrogen-bond donors (Lipinski definition) is 4.